The molecule has 2 aromatic carbocycles. The molecule has 1 fully saturated rings. The molecular weight excluding hydrogens is 470 g/mol. The number of amides is 1. The fourth-order valence-corrected chi connectivity index (χ4v) is 4.22. The van der Waals surface area contributed by atoms with Gasteiger partial charge in [0.15, 0.2) is 11.5 Å². The molecule has 0 radical (unpaired) electrons. The van der Waals surface area contributed by atoms with Gasteiger partial charge in [-0.3, -0.25) is 4.79 Å². The van der Waals surface area contributed by atoms with Crippen molar-refractivity contribution in [2.45, 2.75) is 13.5 Å². The van der Waals surface area contributed by atoms with E-state index in [9.17, 15) is 4.79 Å². The Morgan fingerprint density at radius 3 is 2.74 bits per heavy atom. The lowest BCUT2D eigenvalue weighted by molar-refractivity contribution is -0.115. The van der Waals surface area contributed by atoms with Crippen molar-refractivity contribution in [2.75, 3.05) is 6.61 Å². The van der Waals surface area contributed by atoms with Gasteiger partial charge >= 0.3 is 0 Å². The van der Waals surface area contributed by atoms with Crippen molar-refractivity contribution in [1.29, 1.82) is 0 Å². The monoisotopic (exact) mass is 483 g/mol. The Balaban J connectivity index is 1.88. The van der Waals surface area contributed by atoms with E-state index in [1.165, 1.54) is 11.8 Å². The summed E-state index contributed by atoms with van der Waals surface area (Å²) in [7, 11) is 0. The van der Waals surface area contributed by atoms with Crippen LogP contribution in [-0.4, -0.2) is 16.8 Å². The average molecular weight is 485 g/mol. The van der Waals surface area contributed by atoms with E-state index in [-0.39, 0.29) is 5.91 Å². The highest BCUT2D eigenvalue weighted by atomic mass is 79.9. The fraction of sp³-hybridized carbons (Fsp3) is 0.158. The highest BCUT2D eigenvalue weighted by Crippen LogP contribution is 2.39. The highest BCUT2D eigenvalue weighted by molar-refractivity contribution is 9.10. The maximum absolute atomic E-state index is 11.9. The first kappa shape index (κ1) is 20.2. The quantitative estimate of drug-likeness (QED) is 0.429. The van der Waals surface area contributed by atoms with Crippen LogP contribution in [0.5, 0.6) is 11.5 Å². The van der Waals surface area contributed by atoms with Crippen molar-refractivity contribution < 1.29 is 14.3 Å². The van der Waals surface area contributed by atoms with Crippen molar-refractivity contribution in [3.05, 3.63) is 61.9 Å². The van der Waals surface area contributed by atoms with Crippen LogP contribution in [0.3, 0.4) is 0 Å². The molecule has 3 rings (SSSR count). The van der Waals surface area contributed by atoms with Crippen molar-refractivity contribution in [2.24, 2.45) is 0 Å². The van der Waals surface area contributed by atoms with Crippen LogP contribution >= 0.6 is 51.5 Å². The molecule has 1 amide bonds. The molecule has 0 bridgehead atoms. The molecule has 1 aliphatic rings. The minimum absolute atomic E-state index is 0.196. The van der Waals surface area contributed by atoms with Gasteiger partial charge in [-0.25, -0.2) is 0 Å². The Labute approximate surface area is 180 Å². The van der Waals surface area contributed by atoms with Crippen LogP contribution in [0.1, 0.15) is 18.1 Å². The first-order valence-electron chi connectivity index (χ1n) is 8.05. The second-order valence-electron chi connectivity index (χ2n) is 5.50. The summed E-state index contributed by atoms with van der Waals surface area (Å²) >= 11 is 16.0. The van der Waals surface area contributed by atoms with Gasteiger partial charge in [-0.15, -0.1) is 0 Å². The second kappa shape index (κ2) is 9.10. The van der Waals surface area contributed by atoms with Gasteiger partial charge in [0.2, 0.25) is 0 Å². The van der Waals surface area contributed by atoms with E-state index in [4.69, 9.17) is 33.3 Å². The molecule has 8 heteroatoms. The molecule has 1 N–H and O–H groups in total. The van der Waals surface area contributed by atoms with Gasteiger partial charge < -0.3 is 14.8 Å². The summed E-state index contributed by atoms with van der Waals surface area (Å²) in [6, 6.07) is 11.2. The SMILES string of the molecule is CCOc1cc(/C=C2\SC(=S)NC2=O)cc(Br)c1OCc1ccccc1Cl. The topological polar surface area (TPSA) is 47.6 Å². The molecule has 140 valence electrons. The standard InChI is InChI=1S/C19H15BrClNO3S2/c1-2-24-15-8-11(9-16-18(23)22-19(26)27-16)7-13(20)17(15)25-10-12-5-3-4-6-14(12)21/h3-9H,2,10H2,1H3,(H,22,23,26)/b16-9-. The fourth-order valence-electron chi connectivity index (χ4n) is 2.41. The number of carbonyl (C=O) groups excluding carboxylic acids is 1. The van der Waals surface area contributed by atoms with Crippen LogP contribution in [-0.2, 0) is 11.4 Å². The zero-order valence-electron chi connectivity index (χ0n) is 14.3. The lowest BCUT2D eigenvalue weighted by atomic mass is 10.1. The zero-order chi connectivity index (χ0) is 19.4. The molecule has 1 saturated heterocycles. The van der Waals surface area contributed by atoms with Gasteiger partial charge in [0, 0.05) is 10.6 Å². The summed E-state index contributed by atoms with van der Waals surface area (Å²) in [4.78, 5) is 12.4. The van der Waals surface area contributed by atoms with Crippen molar-refractivity contribution in [1.82, 2.24) is 5.32 Å². The number of hydrogen-bond donors (Lipinski definition) is 1. The Morgan fingerprint density at radius 2 is 2.07 bits per heavy atom. The minimum atomic E-state index is -0.196. The van der Waals surface area contributed by atoms with E-state index in [1.54, 1.807) is 6.08 Å². The number of nitrogens with one attached hydrogen (secondary N) is 1. The Hall–Kier alpha value is -1.54. The Morgan fingerprint density at radius 1 is 1.30 bits per heavy atom. The summed E-state index contributed by atoms with van der Waals surface area (Å²) in [5, 5.41) is 3.25. The Kier molecular flexibility index (Phi) is 6.81. The van der Waals surface area contributed by atoms with E-state index in [0.717, 1.165) is 15.6 Å². The second-order valence-corrected chi connectivity index (χ2v) is 8.48. The van der Waals surface area contributed by atoms with Crippen molar-refractivity contribution in [3.8, 4) is 11.5 Å². The molecule has 2 aromatic rings. The number of hydrogen-bond acceptors (Lipinski definition) is 5. The lowest BCUT2D eigenvalue weighted by Gasteiger charge is -2.15. The molecule has 0 unspecified atom stereocenters. The largest absolute Gasteiger partial charge is 0.490 e. The molecule has 0 atom stereocenters. The van der Waals surface area contributed by atoms with Gasteiger partial charge in [0.05, 0.1) is 16.0 Å². The molecule has 0 aliphatic carbocycles. The van der Waals surface area contributed by atoms with Crippen molar-refractivity contribution >= 4 is 67.8 Å². The number of ether oxygens (including phenoxy) is 2. The van der Waals surface area contributed by atoms with Crippen LogP contribution in [0.2, 0.25) is 5.02 Å². The van der Waals surface area contributed by atoms with Crippen LogP contribution in [0.4, 0.5) is 0 Å². The molecular formula is C19H15BrClNO3S2. The number of thiocarbonyl (C=S) groups is 1. The summed E-state index contributed by atoms with van der Waals surface area (Å²) < 4.78 is 12.9. The van der Waals surface area contributed by atoms with Gasteiger partial charge in [0.1, 0.15) is 10.9 Å². The highest BCUT2D eigenvalue weighted by Gasteiger charge is 2.22. The number of thioether (sulfide) groups is 1. The molecule has 0 saturated carbocycles. The first-order valence-corrected chi connectivity index (χ1v) is 10.4. The van der Waals surface area contributed by atoms with Crippen LogP contribution < -0.4 is 14.8 Å². The zero-order valence-corrected chi connectivity index (χ0v) is 18.2. The van der Waals surface area contributed by atoms with E-state index in [2.05, 4.69) is 21.2 Å². The van der Waals surface area contributed by atoms with E-state index >= 15 is 0 Å². The average Bonchev–Trinajstić information content (AvgIpc) is 2.93. The number of carbonyl (C=O) groups is 1. The predicted molar refractivity (Wildman–Crippen MR) is 117 cm³/mol. The lowest BCUT2D eigenvalue weighted by Crippen LogP contribution is -2.17. The Bertz CT molecular complexity index is 933. The number of benzene rings is 2. The first-order chi connectivity index (χ1) is 13.0. The molecule has 1 aliphatic heterocycles. The van der Waals surface area contributed by atoms with Crippen LogP contribution in [0.25, 0.3) is 6.08 Å². The smallest absolute Gasteiger partial charge is 0.263 e. The number of halogens is 2. The summed E-state index contributed by atoms with van der Waals surface area (Å²) in [6.45, 7) is 2.69. The molecule has 0 aromatic heterocycles. The van der Waals surface area contributed by atoms with E-state index in [1.807, 2.05) is 43.3 Å². The van der Waals surface area contributed by atoms with Crippen LogP contribution in [0.15, 0.2) is 45.8 Å². The molecule has 1 heterocycles. The maximum atomic E-state index is 11.9. The van der Waals surface area contributed by atoms with Gasteiger partial charge in [-0.2, -0.15) is 0 Å². The van der Waals surface area contributed by atoms with E-state index in [0.29, 0.717) is 39.0 Å². The third kappa shape index (κ3) is 5.04. The maximum Gasteiger partial charge on any atom is 0.263 e. The summed E-state index contributed by atoms with van der Waals surface area (Å²) in [6.07, 6.45) is 1.77. The van der Waals surface area contributed by atoms with Gasteiger partial charge in [-0.1, -0.05) is 53.8 Å². The summed E-state index contributed by atoms with van der Waals surface area (Å²) in [5.41, 5.74) is 1.69. The molecule has 4 nitrogen and oxygen atoms in total. The molecule has 27 heavy (non-hydrogen) atoms. The van der Waals surface area contributed by atoms with Crippen LogP contribution in [0, 0.1) is 0 Å². The third-order valence-corrected chi connectivity index (χ3v) is 5.72. The molecule has 0 spiro atoms. The summed E-state index contributed by atoms with van der Waals surface area (Å²) in [5.74, 6) is 0.966. The minimum Gasteiger partial charge on any atom is -0.490 e. The predicted octanol–water partition coefficient (Wildman–Crippen LogP) is 5.57. The number of rotatable bonds is 6. The van der Waals surface area contributed by atoms with Crippen molar-refractivity contribution in [3.63, 3.8) is 0 Å². The van der Waals surface area contributed by atoms with Gasteiger partial charge in [0.25, 0.3) is 5.91 Å². The normalized spacial score (nSPS) is 15.1. The third-order valence-electron chi connectivity index (χ3n) is 3.60. The van der Waals surface area contributed by atoms with Gasteiger partial charge in [-0.05, 0) is 52.7 Å². The van der Waals surface area contributed by atoms with E-state index < -0.39 is 0 Å².